The lowest BCUT2D eigenvalue weighted by Gasteiger charge is -2.31. The van der Waals surface area contributed by atoms with Crippen molar-refractivity contribution in [3.05, 3.63) is 29.6 Å². The number of aromatic nitrogens is 2. The number of hydrogen-bond donors (Lipinski definition) is 4. The van der Waals surface area contributed by atoms with Crippen LogP contribution in [0.25, 0.3) is 0 Å². The number of anilines is 4. The van der Waals surface area contributed by atoms with Gasteiger partial charge in [0, 0.05) is 44.0 Å². The quantitative estimate of drug-likeness (QED) is 0.343. The zero-order valence-electron chi connectivity index (χ0n) is 23.0. The predicted molar refractivity (Wildman–Crippen MR) is 151 cm³/mol. The number of primary amides is 1. The van der Waals surface area contributed by atoms with Gasteiger partial charge in [0.25, 0.3) is 11.8 Å². The zero-order chi connectivity index (χ0) is 28.1. The largest absolute Gasteiger partial charge is 0.481 e. The van der Waals surface area contributed by atoms with Crippen LogP contribution in [0, 0.1) is 0 Å². The molecule has 12 nitrogen and oxygen atoms in total. The molecular weight excluding hydrogens is 514 g/mol. The first-order valence-corrected chi connectivity index (χ1v) is 14.2. The number of nitrogens with zero attached hydrogens (tertiary/aromatic N) is 4. The van der Waals surface area contributed by atoms with E-state index in [9.17, 15) is 14.7 Å². The third-order valence-electron chi connectivity index (χ3n) is 7.70. The molecule has 0 spiro atoms. The molecule has 1 aromatic heterocycles. The molecule has 40 heavy (non-hydrogen) atoms. The van der Waals surface area contributed by atoms with Crippen LogP contribution in [0.3, 0.4) is 0 Å². The highest BCUT2D eigenvalue weighted by molar-refractivity contribution is 5.99. The molecule has 12 heteroatoms. The van der Waals surface area contributed by atoms with E-state index < -0.39 is 5.91 Å². The van der Waals surface area contributed by atoms with Gasteiger partial charge in [-0.3, -0.25) is 14.5 Å². The number of fused-ring (bicyclic) bond motifs is 1. The fraction of sp³-hybridized carbons (Fsp3) is 0.571. The van der Waals surface area contributed by atoms with E-state index in [0.717, 1.165) is 65.0 Å². The summed E-state index contributed by atoms with van der Waals surface area (Å²) in [6.07, 6.45) is 4.30. The standard InChI is InChI=1S/C28H39N7O5/c1-2-21-27(30-18-4-7-20(36)8-5-18)33-28(25(32-21)26(29)38)31-19-6-9-22-23(16-19)40-17-24(37)35(22)11-3-10-34-12-14-39-15-13-34/h6,9,16,18,20,36H,2-5,7-8,10-15,17H2,1H3,(H2,29,38)(H2,30,31,33)/t18-,20-. The highest BCUT2D eigenvalue weighted by atomic mass is 16.5. The van der Waals surface area contributed by atoms with Crippen molar-refractivity contribution < 1.29 is 24.2 Å². The fourth-order valence-corrected chi connectivity index (χ4v) is 5.45. The SMILES string of the molecule is CCc1nc(C(N)=O)c(Nc2ccc3c(c2)OCC(=O)N3CCCN2CCOCC2)nc1N[C@H]1CC[C@H](O)CC1. The highest BCUT2D eigenvalue weighted by Gasteiger charge is 2.27. The summed E-state index contributed by atoms with van der Waals surface area (Å²) in [5, 5.41) is 16.5. The van der Waals surface area contributed by atoms with Crippen LogP contribution < -0.4 is 26.0 Å². The molecule has 0 unspecified atom stereocenters. The summed E-state index contributed by atoms with van der Waals surface area (Å²) >= 11 is 0. The Morgan fingerprint density at radius 3 is 2.62 bits per heavy atom. The number of aliphatic hydroxyl groups excluding tert-OH is 1. The van der Waals surface area contributed by atoms with Crippen LogP contribution in [0.5, 0.6) is 5.75 Å². The predicted octanol–water partition coefficient (Wildman–Crippen LogP) is 2.04. The minimum absolute atomic E-state index is 0.0320. The third kappa shape index (κ3) is 6.62. The Labute approximate surface area is 234 Å². The van der Waals surface area contributed by atoms with Gasteiger partial charge in [-0.15, -0.1) is 0 Å². The van der Waals surface area contributed by atoms with Gasteiger partial charge >= 0.3 is 0 Å². The average molecular weight is 554 g/mol. The molecule has 1 aliphatic carbocycles. The second-order valence-corrected chi connectivity index (χ2v) is 10.5. The minimum Gasteiger partial charge on any atom is -0.481 e. The number of carbonyl (C=O) groups is 2. The number of amides is 2. The van der Waals surface area contributed by atoms with E-state index in [1.807, 2.05) is 19.1 Å². The number of aryl methyl sites for hydroxylation is 1. The maximum atomic E-state index is 12.7. The molecule has 0 atom stereocenters. The molecule has 2 aliphatic heterocycles. The van der Waals surface area contributed by atoms with E-state index in [2.05, 4.69) is 20.5 Å². The summed E-state index contributed by atoms with van der Waals surface area (Å²) < 4.78 is 11.2. The molecule has 1 saturated heterocycles. The van der Waals surface area contributed by atoms with Crippen molar-refractivity contribution in [2.45, 2.75) is 57.6 Å². The van der Waals surface area contributed by atoms with Crippen molar-refractivity contribution in [2.75, 3.05) is 61.5 Å². The summed E-state index contributed by atoms with van der Waals surface area (Å²) in [5.41, 5.74) is 7.74. The molecule has 216 valence electrons. The van der Waals surface area contributed by atoms with Gasteiger partial charge in [-0.25, -0.2) is 9.97 Å². The molecule has 3 aliphatic rings. The molecule has 1 aromatic carbocycles. The van der Waals surface area contributed by atoms with Gasteiger partial charge in [0.05, 0.1) is 30.7 Å². The van der Waals surface area contributed by atoms with Gasteiger partial charge in [0.2, 0.25) is 0 Å². The molecule has 5 rings (SSSR count). The summed E-state index contributed by atoms with van der Waals surface area (Å²) in [7, 11) is 0. The molecule has 2 fully saturated rings. The summed E-state index contributed by atoms with van der Waals surface area (Å²) in [6.45, 7) is 6.76. The molecule has 2 amide bonds. The maximum Gasteiger partial charge on any atom is 0.271 e. The van der Waals surface area contributed by atoms with Crippen LogP contribution in [-0.2, 0) is 16.0 Å². The molecular formula is C28H39N7O5. The molecule has 0 bridgehead atoms. The Morgan fingerprint density at radius 2 is 1.90 bits per heavy atom. The van der Waals surface area contributed by atoms with Crippen molar-refractivity contribution >= 4 is 34.8 Å². The molecule has 2 aromatic rings. The van der Waals surface area contributed by atoms with Crippen molar-refractivity contribution in [3.63, 3.8) is 0 Å². The van der Waals surface area contributed by atoms with E-state index in [1.165, 1.54) is 0 Å². The summed E-state index contributed by atoms with van der Waals surface area (Å²) in [5.74, 6) is 0.676. The second kappa shape index (κ2) is 12.8. The second-order valence-electron chi connectivity index (χ2n) is 10.5. The Bertz CT molecular complexity index is 1210. The lowest BCUT2D eigenvalue weighted by molar-refractivity contribution is -0.121. The Hall–Kier alpha value is -3.48. The monoisotopic (exact) mass is 553 g/mol. The molecule has 0 radical (unpaired) electrons. The van der Waals surface area contributed by atoms with Crippen molar-refractivity contribution in [1.82, 2.24) is 14.9 Å². The first-order valence-electron chi connectivity index (χ1n) is 14.2. The minimum atomic E-state index is -0.678. The van der Waals surface area contributed by atoms with Gasteiger partial charge in [-0.05, 0) is 50.7 Å². The first-order chi connectivity index (χ1) is 19.4. The number of nitrogens with two attached hydrogens (primary N) is 1. The van der Waals surface area contributed by atoms with E-state index in [1.54, 1.807) is 11.0 Å². The number of nitrogens with one attached hydrogen (secondary N) is 2. The summed E-state index contributed by atoms with van der Waals surface area (Å²) in [6, 6.07) is 5.63. The van der Waals surface area contributed by atoms with E-state index in [4.69, 9.17) is 20.2 Å². The number of benzene rings is 1. The molecule has 5 N–H and O–H groups in total. The normalized spacial score (nSPS) is 21.4. The van der Waals surface area contributed by atoms with Crippen LogP contribution in [-0.4, -0.2) is 89.9 Å². The smallest absolute Gasteiger partial charge is 0.271 e. The molecule has 3 heterocycles. The van der Waals surface area contributed by atoms with Gasteiger partial charge < -0.3 is 35.8 Å². The van der Waals surface area contributed by atoms with E-state index in [0.29, 0.717) is 41.6 Å². The van der Waals surface area contributed by atoms with Crippen molar-refractivity contribution in [3.8, 4) is 5.75 Å². The zero-order valence-corrected chi connectivity index (χ0v) is 23.0. The van der Waals surface area contributed by atoms with Crippen molar-refractivity contribution in [2.24, 2.45) is 5.73 Å². The Kier molecular flexibility index (Phi) is 8.98. The van der Waals surface area contributed by atoms with Crippen LogP contribution in [0.1, 0.15) is 55.2 Å². The van der Waals surface area contributed by atoms with Crippen LogP contribution in [0.2, 0.25) is 0 Å². The number of ether oxygens (including phenoxy) is 2. The van der Waals surface area contributed by atoms with Crippen molar-refractivity contribution in [1.29, 1.82) is 0 Å². The summed E-state index contributed by atoms with van der Waals surface area (Å²) in [4.78, 5) is 38.4. The van der Waals surface area contributed by atoms with E-state index >= 15 is 0 Å². The van der Waals surface area contributed by atoms with Gasteiger partial charge in [-0.2, -0.15) is 0 Å². The number of rotatable bonds is 10. The highest BCUT2D eigenvalue weighted by Crippen LogP contribution is 2.36. The average Bonchev–Trinajstić information content (AvgIpc) is 2.96. The third-order valence-corrected chi connectivity index (χ3v) is 7.70. The van der Waals surface area contributed by atoms with Crippen LogP contribution >= 0.6 is 0 Å². The van der Waals surface area contributed by atoms with Gasteiger partial charge in [0.1, 0.15) is 11.6 Å². The van der Waals surface area contributed by atoms with Crippen LogP contribution in [0.15, 0.2) is 18.2 Å². The Balaban J connectivity index is 1.32. The lowest BCUT2D eigenvalue weighted by atomic mass is 9.93. The van der Waals surface area contributed by atoms with Gasteiger partial charge in [-0.1, -0.05) is 6.92 Å². The Morgan fingerprint density at radius 1 is 1.12 bits per heavy atom. The topological polar surface area (TPSA) is 155 Å². The number of hydrogen-bond acceptors (Lipinski definition) is 10. The molecule has 1 saturated carbocycles. The van der Waals surface area contributed by atoms with Gasteiger partial charge in [0.15, 0.2) is 18.1 Å². The number of carbonyl (C=O) groups excluding carboxylic acids is 2. The van der Waals surface area contributed by atoms with E-state index in [-0.39, 0.29) is 36.2 Å². The first kappa shape index (κ1) is 28.1. The lowest BCUT2D eigenvalue weighted by Crippen LogP contribution is -2.42. The number of aliphatic hydroxyl groups is 1. The maximum absolute atomic E-state index is 12.7. The number of morpholine rings is 1. The fourth-order valence-electron chi connectivity index (χ4n) is 5.45. The van der Waals surface area contributed by atoms with Crippen LogP contribution in [0.4, 0.5) is 23.0 Å².